The smallest absolute Gasteiger partial charge is 0.254 e. The topological polar surface area (TPSA) is 58.4 Å². The maximum Gasteiger partial charge on any atom is 0.254 e. The SMILES string of the molecule is Cc1c(NC(C)C(C)C)cccc1C(=O)N1CC2CCC(N)C2C1. The highest BCUT2D eigenvalue weighted by atomic mass is 16.2. The van der Waals surface area contributed by atoms with E-state index in [1.807, 2.05) is 24.0 Å². The van der Waals surface area contributed by atoms with E-state index in [1.165, 1.54) is 6.42 Å². The van der Waals surface area contributed by atoms with Crippen LogP contribution in [0.5, 0.6) is 0 Å². The van der Waals surface area contributed by atoms with Crippen LogP contribution >= 0.6 is 0 Å². The van der Waals surface area contributed by atoms with Crippen molar-refractivity contribution in [2.75, 3.05) is 18.4 Å². The Hall–Kier alpha value is -1.55. The van der Waals surface area contributed by atoms with Gasteiger partial charge in [0.2, 0.25) is 0 Å². The highest BCUT2D eigenvalue weighted by Crippen LogP contribution is 2.38. The molecule has 1 saturated heterocycles. The van der Waals surface area contributed by atoms with Gasteiger partial charge >= 0.3 is 0 Å². The maximum absolute atomic E-state index is 13.0. The molecule has 0 bridgehead atoms. The summed E-state index contributed by atoms with van der Waals surface area (Å²) in [5.41, 5.74) is 9.15. The average molecular weight is 329 g/mol. The van der Waals surface area contributed by atoms with Crippen LogP contribution in [-0.2, 0) is 0 Å². The Labute approximate surface area is 145 Å². The van der Waals surface area contributed by atoms with Gasteiger partial charge < -0.3 is 16.0 Å². The number of benzene rings is 1. The lowest BCUT2D eigenvalue weighted by molar-refractivity contribution is 0.0779. The van der Waals surface area contributed by atoms with Gasteiger partial charge in [0.15, 0.2) is 0 Å². The van der Waals surface area contributed by atoms with Crippen molar-refractivity contribution in [3.63, 3.8) is 0 Å². The summed E-state index contributed by atoms with van der Waals surface area (Å²) in [6, 6.07) is 6.65. The van der Waals surface area contributed by atoms with Gasteiger partial charge in [-0.15, -0.1) is 0 Å². The predicted octanol–water partition coefficient (Wildman–Crippen LogP) is 3.26. The van der Waals surface area contributed by atoms with E-state index in [0.717, 1.165) is 36.3 Å². The Morgan fingerprint density at radius 2 is 2.00 bits per heavy atom. The molecule has 1 saturated carbocycles. The van der Waals surface area contributed by atoms with Gasteiger partial charge in [-0.25, -0.2) is 0 Å². The largest absolute Gasteiger partial charge is 0.382 e. The minimum atomic E-state index is 0.162. The molecule has 0 radical (unpaired) electrons. The molecule has 4 heteroatoms. The Balaban J connectivity index is 1.76. The molecule has 1 aliphatic heterocycles. The van der Waals surface area contributed by atoms with Gasteiger partial charge in [0.25, 0.3) is 5.91 Å². The summed E-state index contributed by atoms with van der Waals surface area (Å²) in [6.07, 6.45) is 2.28. The van der Waals surface area contributed by atoms with Crippen LogP contribution in [0.3, 0.4) is 0 Å². The summed E-state index contributed by atoms with van der Waals surface area (Å²) < 4.78 is 0. The fourth-order valence-electron chi connectivity index (χ4n) is 4.08. The minimum Gasteiger partial charge on any atom is -0.382 e. The molecule has 1 heterocycles. The molecule has 4 atom stereocenters. The molecule has 4 unspecified atom stereocenters. The van der Waals surface area contributed by atoms with Gasteiger partial charge in [-0.1, -0.05) is 19.9 Å². The Bertz CT molecular complexity index is 613. The highest BCUT2D eigenvalue weighted by Gasteiger charge is 2.42. The van der Waals surface area contributed by atoms with Gasteiger partial charge in [-0.2, -0.15) is 0 Å². The van der Waals surface area contributed by atoms with Crippen LogP contribution in [0.4, 0.5) is 5.69 Å². The number of carbonyl (C=O) groups excluding carboxylic acids is 1. The molecule has 0 aromatic heterocycles. The van der Waals surface area contributed by atoms with E-state index in [0.29, 0.717) is 23.8 Å². The lowest BCUT2D eigenvalue weighted by Gasteiger charge is -2.23. The van der Waals surface area contributed by atoms with Crippen molar-refractivity contribution in [2.24, 2.45) is 23.5 Å². The van der Waals surface area contributed by atoms with E-state index in [1.54, 1.807) is 0 Å². The van der Waals surface area contributed by atoms with Crippen LogP contribution in [0.15, 0.2) is 18.2 Å². The first-order valence-corrected chi connectivity index (χ1v) is 9.29. The molecule has 1 aromatic carbocycles. The molecular weight excluding hydrogens is 298 g/mol. The first-order valence-electron chi connectivity index (χ1n) is 9.29. The molecule has 1 aromatic rings. The van der Waals surface area contributed by atoms with E-state index in [9.17, 15) is 4.79 Å². The number of carbonyl (C=O) groups is 1. The van der Waals surface area contributed by atoms with E-state index >= 15 is 0 Å². The lowest BCUT2D eigenvalue weighted by atomic mass is 9.98. The van der Waals surface area contributed by atoms with Crippen LogP contribution < -0.4 is 11.1 Å². The van der Waals surface area contributed by atoms with Gasteiger partial charge in [0.1, 0.15) is 0 Å². The number of rotatable bonds is 4. The number of likely N-dealkylation sites (tertiary alicyclic amines) is 1. The molecular formula is C20H31N3O. The molecule has 1 amide bonds. The van der Waals surface area contributed by atoms with Crippen LogP contribution in [0.1, 0.15) is 49.5 Å². The van der Waals surface area contributed by atoms with Crippen molar-refractivity contribution in [1.29, 1.82) is 0 Å². The number of amides is 1. The van der Waals surface area contributed by atoms with Gasteiger partial charge in [-0.3, -0.25) is 4.79 Å². The molecule has 2 aliphatic rings. The van der Waals surface area contributed by atoms with Gasteiger partial charge in [0.05, 0.1) is 0 Å². The molecule has 2 fully saturated rings. The van der Waals surface area contributed by atoms with E-state index in [4.69, 9.17) is 5.73 Å². The van der Waals surface area contributed by atoms with Crippen LogP contribution in [0.25, 0.3) is 0 Å². The minimum absolute atomic E-state index is 0.162. The zero-order chi connectivity index (χ0) is 17.4. The van der Waals surface area contributed by atoms with E-state index in [2.05, 4.69) is 32.2 Å². The second-order valence-electron chi connectivity index (χ2n) is 8.03. The van der Waals surface area contributed by atoms with Crippen LogP contribution in [0, 0.1) is 24.7 Å². The van der Waals surface area contributed by atoms with Crippen molar-refractivity contribution < 1.29 is 4.79 Å². The number of nitrogens with zero attached hydrogens (tertiary/aromatic N) is 1. The predicted molar refractivity (Wildman–Crippen MR) is 99.2 cm³/mol. The second-order valence-corrected chi connectivity index (χ2v) is 8.03. The van der Waals surface area contributed by atoms with E-state index < -0.39 is 0 Å². The maximum atomic E-state index is 13.0. The molecule has 0 spiro atoms. The van der Waals surface area contributed by atoms with Crippen molar-refractivity contribution in [3.05, 3.63) is 29.3 Å². The van der Waals surface area contributed by atoms with Crippen LogP contribution in [0.2, 0.25) is 0 Å². The quantitative estimate of drug-likeness (QED) is 0.891. The molecule has 1 aliphatic carbocycles. The third-order valence-electron chi connectivity index (χ3n) is 6.15. The lowest BCUT2D eigenvalue weighted by Crippen LogP contribution is -2.34. The van der Waals surface area contributed by atoms with E-state index in [-0.39, 0.29) is 11.9 Å². The first-order chi connectivity index (χ1) is 11.4. The Morgan fingerprint density at radius 1 is 1.25 bits per heavy atom. The molecule has 24 heavy (non-hydrogen) atoms. The summed E-state index contributed by atoms with van der Waals surface area (Å²) in [5.74, 6) is 1.81. The normalized spacial score (nSPS) is 27.4. The summed E-state index contributed by atoms with van der Waals surface area (Å²) in [7, 11) is 0. The van der Waals surface area contributed by atoms with Crippen molar-refractivity contribution >= 4 is 11.6 Å². The number of anilines is 1. The summed E-state index contributed by atoms with van der Waals surface area (Å²) in [5, 5.41) is 3.55. The van der Waals surface area contributed by atoms with Gasteiger partial charge in [-0.05, 0) is 62.1 Å². The summed E-state index contributed by atoms with van der Waals surface area (Å²) in [6.45, 7) is 10.3. The standard InChI is InChI=1S/C20H31N3O/c1-12(2)14(4)22-19-7-5-6-16(13(19)3)20(24)23-10-15-8-9-18(21)17(15)11-23/h5-7,12,14-15,17-18,22H,8-11,21H2,1-4H3. The number of hydrogen-bond donors (Lipinski definition) is 2. The number of nitrogens with one attached hydrogen (secondary N) is 1. The molecule has 3 rings (SSSR count). The first kappa shape index (κ1) is 17.3. The van der Waals surface area contributed by atoms with Crippen LogP contribution in [-0.4, -0.2) is 36.0 Å². The Morgan fingerprint density at radius 3 is 2.67 bits per heavy atom. The zero-order valence-corrected chi connectivity index (χ0v) is 15.4. The number of nitrogens with two attached hydrogens (primary N) is 1. The third-order valence-corrected chi connectivity index (χ3v) is 6.15. The Kier molecular flexibility index (Phi) is 4.86. The molecule has 4 nitrogen and oxygen atoms in total. The summed E-state index contributed by atoms with van der Waals surface area (Å²) in [4.78, 5) is 15.1. The molecule has 132 valence electrons. The number of fused-ring (bicyclic) bond motifs is 1. The monoisotopic (exact) mass is 329 g/mol. The second kappa shape index (κ2) is 6.75. The van der Waals surface area contributed by atoms with Crippen molar-refractivity contribution in [3.8, 4) is 0 Å². The average Bonchev–Trinajstić information content (AvgIpc) is 3.11. The summed E-state index contributed by atoms with van der Waals surface area (Å²) >= 11 is 0. The fourth-order valence-corrected chi connectivity index (χ4v) is 4.08. The van der Waals surface area contributed by atoms with Gasteiger partial charge in [0, 0.05) is 36.4 Å². The fraction of sp³-hybridized carbons (Fsp3) is 0.650. The van der Waals surface area contributed by atoms with Crippen molar-refractivity contribution in [1.82, 2.24) is 4.90 Å². The number of hydrogen-bond acceptors (Lipinski definition) is 3. The highest BCUT2D eigenvalue weighted by molar-refractivity contribution is 5.97. The molecule has 3 N–H and O–H groups in total. The van der Waals surface area contributed by atoms with Crippen molar-refractivity contribution in [2.45, 2.75) is 52.6 Å². The zero-order valence-electron chi connectivity index (χ0n) is 15.4. The third kappa shape index (κ3) is 3.16.